The third kappa shape index (κ3) is 4.83. The van der Waals surface area contributed by atoms with Crippen molar-refractivity contribution in [2.75, 3.05) is 6.54 Å². The highest BCUT2D eigenvalue weighted by Gasteiger charge is 2.34. The van der Waals surface area contributed by atoms with Crippen LogP contribution in [-0.2, 0) is 11.2 Å². The van der Waals surface area contributed by atoms with Crippen LogP contribution in [0.5, 0.6) is 0 Å². The number of furan rings is 1. The molecule has 0 aliphatic carbocycles. The standard InChI is InChI=1S/C23H19NO3S2/c1-16-7-10-19(11-8-16)28-21-12-9-18(27-21)15-20-22(25)24(23(26)29-20)14-13-17-5-3-2-4-6-17/h2-12,15H,13-14H2,1H3/b20-15-. The molecule has 1 aliphatic heterocycles. The van der Waals surface area contributed by atoms with Gasteiger partial charge in [0.05, 0.1) is 4.91 Å². The van der Waals surface area contributed by atoms with Crippen molar-refractivity contribution in [2.24, 2.45) is 0 Å². The third-order valence-corrected chi connectivity index (χ3v) is 6.29. The quantitative estimate of drug-likeness (QED) is 0.456. The van der Waals surface area contributed by atoms with Crippen molar-refractivity contribution in [2.45, 2.75) is 23.3 Å². The summed E-state index contributed by atoms with van der Waals surface area (Å²) in [5, 5.41) is 0.501. The fraction of sp³-hybridized carbons (Fsp3) is 0.130. The molecule has 0 saturated carbocycles. The largest absolute Gasteiger partial charge is 0.450 e. The molecule has 1 aliphatic rings. The summed E-state index contributed by atoms with van der Waals surface area (Å²) >= 11 is 2.48. The third-order valence-electron chi connectivity index (χ3n) is 4.46. The summed E-state index contributed by atoms with van der Waals surface area (Å²) < 4.78 is 5.82. The average Bonchev–Trinajstić information content (AvgIpc) is 3.27. The van der Waals surface area contributed by atoms with Gasteiger partial charge in [0, 0.05) is 17.5 Å². The SMILES string of the molecule is Cc1ccc(Sc2ccc(/C=C3\SC(=O)N(CCc4ccccc4)C3=O)o2)cc1. The van der Waals surface area contributed by atoms with Crippen LogP contribution in [0.15, 0.2) is 86.0 Å². The summed E-state index contributed by atoms with van der Waals surface area (Å²) in [6.45, 7) is 2.42. The summed E-state index contributed by atoms with van der Waals surface area (Å²) in [5.74, 6) is 0.299. The first-order valence-corrected chi connectivity index (χ1v) is 10.9. The van der Waals surface area contributed by atoms with E-state index in [9.17, 15) is 9.59 Å². The monoisotopic (exact) mass is 421 g/mol. The second-order valence-electron chi connectivity index (χ2n) is 6.64. The van der Waals surface area contributed by atoms with Crippen molar-refractivity contribution in [3.05, 3.63) is 88.5 Å². The minimum absolute atomic E-state index is 0.238. The van der Waals surface area contributed by atoms with Gasteiger partial charge in [-0.3, -0.25) is 14.5 Å². The van der Waals surface area contributed by atoms with Crippen LogP contribution in [0, 0.1) is 6.92 Å². The maximum absolute atomic E-state index is 12.6. The summed E-state index contributed by atoms with van der Waals surface area (Å²) in [4.78, 5) is 27.7. The van der Waals surface area contributed by atoms with Gasteiger partial charge in [-0.15, -0.1) is 0 Å². The van der Waals surface area contributed by atoms with E-state index in [1.54, 1.807) is 6.08 Å². The van der Waals surface area contributed by atoms with Crippen LogP contribution in [0.1, 0.15) is 16.9 Å². The lowest BCUT2D eigenvalue weighted by Crippen LogP contribution is -2.30. The summed E-state index contributed by atoms with van der Waals surface area (Å²) in [5.41, 5.74) is 2.30. The van der Waals surface area contributed by atoms with E-state index in [2.05, 4.69) is 12.1 Å². The number of benzene rings is 2. The topological polar surface area (TPSA) is 50.5 Å². The molecule has 0 spiro atoms. The van der Waals surface area contributed by atoms with Crippen molar-refractivity contribution in [3.63, 3.8) is 0 Å². The molecule has 0 radical (unpaired) electrons. The fourth-order valence-corrected chi connectivity index (χ4v) is 4.52. The molecular formula is C23H19NO3S2. The Morgan fingerprint density at radius 2 is 1.76 bits per heavy atom. The van der Waals surface area contributed by atoms with Crippen molar-refractivity contribution in [1.82, 2.24) is 4.90 Å². The van der Waals surface area contributed by atoms with Gasteiger partial charge >= 0.3 is 0 Å². The van der Waals surface area contributed by atoms with Gasteiger partial charge in [0.2, 0.25) is 0 Å². The lowest BCUT2D eigenvalue weighted by molar-refractivity contribution is -0.122. The number of nitrogens with zero attached hydrogens (tertiary/aromatic N) is 1. The van der Waals surface area contributed by atoms with Gasteiger partial charge in [-0.1, -0.05) is 59.8 Å². The van der Waals surface area contributed by atoms with Crippen molar-refractivity contribution in [1.29, 1.82) is 0 Å². The lowest BCUT2D eigenvalue weighted by atomic mass is 10.1. The highest BCUT2D eigenvalue weighted by atomic mass is 32.2. The highest BCUT2D eigenvalue weighted by molar-refractivity contribution is 8.18. The van der Waals surface area contributed by atoms with Crippen LogP contribution in [0.4, 0.5) is 4.79 Å². The molecule has 2 aromatic carbocycles. The molecule has 146 valence electrons. The van der Waals surface area contributed by atoms with E-state index in [4.69, 9.17) is 4.42 Å². The number of carbonyl (C=O) groups is 2. The predicted molar refractivity (Wildman–Crippen MR) is 117 cm³/mol. The van der Waals surface area contributed by atoms with Gasteiger partial charge in [-0.25, -0.2) is 0 Å². The van der Waals surface area contributed by atoms with E-state index in [0.29, 0.717) is 23.6 Å². The Morgan fingerprint density at radius 1 is 1.00 bits per heavy atom. The normalized spacial score (nSPS) is 15.5. The van der Waals surface area contributed by atoms with E-state index in [1.807, 2.05) is 61.5 Å². The number of hydrogen-bond acceptors (Lipinski definition) is 5. The van der Waals surface area contributed by atoms with Crippen LogP contribution >= 0.6 is 23.5 Å². The summed E-state index contributed by atoms with van der Waals surface area (Å²) in [7, 11) is 0. The van der Waals surface area contributed by atoms with Crippen molar-refractivity contribution < 1.29 is 14.0 Å². The van der Waals surface area contributed by atoms with E-state index in [-0.39, 0.29) is 11.1 Å². The molecule has 2 amide bonds. The van der Waals surface area contributed by atoms with Crippen LogP contribution < -0.4 is 0 Å². The van der Waals surface area contributed by atoms with E-state index < -0.39 is 0 Å². The maximum atomic E-state index is 12.6. The van der Waals surface area contributed by atoms with E-state index in [0.717, 1.165) is 27.3 Å². The number of aryl methyl sites for hydroxylation is 1. The van der Waals surface area contributed by atoms with Gasteiger partial charge in [0.25, 0.3) is 11.1 Å². The van der Waals surface area contributed by atoms with Crippen LogP contribution in [0.2, 0.25) is 0 Å². The molecule has 2 heterocycles. The summed E-state index contributed by atoms with van der Waals surface area (Å²) in [6.07, 6.45) is 2.29. The van der Waals surface area contributed by atoms with E-state index >= 15 is 0 Å². The zero-order chi connectivity index (χ0) is 20.2. The average molecular weight is 422 g/mol. The fourth-order valence-electron chi connectivity index (χ4n) is 2.90. The zero-order valence-corrected chi connectivity index (χ0v) is 17.5. The molecule has 0 atom stereocenters. The molecule has 3 aromatic rings. The molecule has 6 heteroatoms. The molecule has 0 unspecified atom stereocenters. The number of hydrogen-bond donors (Lipinski definition) is 0. The maximum Gasteiger partial charge on any atom is 0.293 e. The number of amides is 2. The van der Waals surface area contributed by atoms with Crippen LogP contribution in [-0.4, -0.2) is 22.6 Å². The van der Waals surface area contributed by atoms with Gasteiger partial charge in [0.1, 0.15) is 5.76 Å². The second kappa shape index (κ2) is 8.76. The van der Waals surface area contributed by atoms with Crippen LogP contribution in [0.25, 0.3) is 6.08 Å². The first-order chi connectivity index (χ1) is 14.1. The Bertz CT molecular complexity index is 1060. The minimum atomic E-state index is -0.264. The number of carbonyl (C=O) groups excluding carboxylic acids is 2. The van der Waals surface area contributed by atoms with E-state index in [1.165, 1.54) is 22.2 Å². The first kappa shape index (κ1) is 19.6. The minimum Gasteiger partial charge on any atom is -0.450 e. The predicted octanol–water partition coefficient (Wildman–Crippen LogP) is 6.02. The molecule has 0 bridgehead atoms. The smallest absolute Gasteiger partial charge is 0.293 e. The lowest BCUT2D eigenvalue weighted by Gasteiger charge is -2.11. The number of imide groups is 1. The van der Waals surface area contributed by atoms with Gasteiger partial charge in [-0.05, 0) is 54.9 Å². The molecular weight excluding hydrogens is 402 g/mol. The first-order valence-electron chi connectivity index (χ1n) is 9.22. The number of rotatable bonds is 6. The zero-order valence-electron chi connectivity index (χ0n) is 15.8. The Morgan fingerprint density at radius 3 is 2.52 bits per heavy atom. The molecule has 1 saturated heterocycles. The summed E-state index contributed by atoms with van der Waals surface area (Å²) in [6, 6.07) is 21.7. The molecule has 4 rings (SSSR count). The molecule has 1 aromatic heterocycles. The van der Waals surface area contributed by atoms with Gasteiger partial charge < -0.3 is 4.42 Å². The van der Waals surface area contributed by atoms with Crippen LogP contribution in [0.3, 0.4) is 0 Å². The highest BCUT2D eigenvalue weighted by Crippen LogP contribution is 2.34. The van der Waals surface area contributed by atoms with Gasteiger partial charge in [0.15, 0.2) is 5.09 Å². The Labute approximate surface area is 178 Å². The Hall–Kier alpha value is -2.70. The Balaban J connectivity index is 1.42. The van der Waals surface area contributed by atoms with Crippen molar-refractivity contribution >= 4 is 40.7 Å². The number of thioether (sulfide) groups is 1. The molecule has 29 heavy (non-hydrogen) atoms. The second-order valence-corrected chi connectivity index (χ2v) is 8.71. The molecule has 1 fully saturated rings. The van der Waals surface area contributed by atoms with Crippen molar-refractivity contribution in [3.8, 4) is 0 Å². The molecule has 4 nitrogen and oxygen atoms in total. The van der Waals surface area contributed by atoms with Gasteiger partial charge in [-0.2, -0.15) is 0 Å². The Kier molecular flexibility index (Phi) is 5.92. The molecule has 0 N–H and O–H groups in total.